The van der Waals surface area contributed by atoms with Gasteiger partial charge in [-0.15, -0.1) is 0 Å². The molecule has 2 atom stereocenters. The van der Waals surface area contributed by atoms with Gasteiger partial charge >= 0.3 is 0 Å². The Labute approximate surface area is 161 Å². The van der Waals surface area contributed by atoms with E-state index in [1.165, 1.54) is 11.8 Å². The molecule has 0 bridgehead atoms. The van der Waals surface area contributed by atoms with Gasteiger partial charge in [0.15, 0.2) is 0 Å². The van der Waals surface area contributed by atoms with Gasteiger partial charge in [-0.2, -0.15) is 0 Å². The minimum Gasteiger partial charge on any atom is -0.377 e. The van der Waals surface area contributed by atoms with Gasteiger partial charge in [-0.3, -0.25) is 0 Å². The quantitative estimate of drug-likeness (QED) is 0.770. The van der Waals surface area contributed by atoms with Crippen molar-refractivity contribution < 1.29 is 13.2 Å². The molecular weight excluding hydrogens is 372 g/mol. The molecule has 1 aliphatic carbocycles. The molecule has 2 N–H and O–H groups in total. The lowest BCUT2D eigenvalue weighted by atomic mass is 9.82. The van der Waals surface area contributed by atoms with E-state index >= 15 is 0 Å². The number of sulfonamides is 1. The normalized spacial score (nSPS) is 30.2. The van der Waals surface area contributed by atoms with Gasteiger partial charge in [-0.25, -0.2) is 13.1 Å². The Bertz CT molecular complexity index is 690. The minimum atomic E-state index is -3.20. The Hall–Kier alpha value is -0.660. The van der Waals surface area contributed by atoms with Crippen LogP contribution >= 0.6 is 11.6 Å². The van der Waals surface area contributed by atoms with Crippen LogP contribution in [0.3, 0.4) is 0 Å². The van der Waals surface area contributed by atoms with E-state index in [1.54, 1.807) is 0 Å². The van der Waals surface area contributed by atoms with E-state index in [0.29, 0.717) is 12.5 Å². The third kappa shape index (κ3) is 5.67. The first kappa shape index (κ1) is 20.1. The lowest BCUT2D eigenvalue weighted by molar-refractivity contribution is 0.00524. The molecule has 1 aromatic carbocycles. The second kappa shape index (κ2) is 9.02. The third-order valence-electron chi connectivity index (χ3n) is 5.48. The monoisotopic (exact) mass is 400 g/mol. The van der Waals surface area contributed by atoms with Crippen molar-refractivity contribution in [1.82, 2.24) is 10.0 Å². The summed E-state index contributed by atoms with van der Waals surface area (Å²) in [5.74, 6) is 0.510. The van der Waals surface area contributed by atoms with Crippen molar-refractivity contribution in [3.63, 3.8) is 0 Å². The van der Waals surface area contributed by atoms with Crippen molar-refractivity contribution in [3.05, 3.63) is 34.9 Å². The van der Waals surface area contributed by atoms with Crippen molar-refractivity contribution in [3.8, 4) is 0 Å². The van der Waals surface area contributed by atoms with Crippen LogP contribution in [0, 0.1) is 0 Å². The second-order valence-electron chi connectivity index (χ2n) is 7.53. The maximum atomic E-state index is 11.6. The number of hydrogen-bond donors (Lipinski definition) is 2. The lowest BCUT2D eigenvalue weighted by Gasteiger charge is -2.35. The largest absolute Gasteiger partial charge is 0.377 e. The number of piperidine rings is 1. The number of rotatable bonds is 6. The molecule has 1 saturated carbocycles. The third-order valence-corrected chi connectivity index (χ3v) is 6.56. The molecule has 0 spiro atoms. The zero-order valence-corrected chi connectivity index (χ0v) is 16.9. The van der Waals surface area contributed by atoms with E-state index < -0.39 is 10.0 Å². The van der Waals surface area contributed by atoms with Crippen molar-refractivity contribution in [2.24, 2.45) is 0 Å². The molecule has 1 saturated heterocycles. The van der Waals surface area contributed by atoms with Crippen LogP contribution in [0.4, 0.5) is 0 Å². The SMILES string of the molecule is CS(=O)(=O)N[C@H]1CCCN[C@H]1CO[C@H]1CC[C@@H](c2ccccc2Cl)CC1. The summed E-state index contributed by atoms with van der Waals surface area (Å²) in [7, 11) is -3.20. The van der Waals surface area contributed by atoms with Crippen LogP contribution in [-0.4, -0.2) is 46.0 Å². The van der Waals surface area contributed by atoms with Crippen LogP contribution in [0.2, 0.25) is 5.02 Å². The number of hydrogen-bond acceptors (Lipinski definition) is 4. The van der Waals surface area contributed by atoms with Gasteiger partial charge in [0.2, 0.25) is 10.0 Å². The average Bonchev–Trinajstić information content (AvgIpc) is 2.61. The second-order valence-corrected chi connectivity index (χ2v) is 9.72. The van der Waals surface area contributed by atoms with E-state index in [9.17, 15) is 8.42 Å². The Morgan fingerprint density at radius 1 is 1.19 bits per heavy atom. The minimum absolute atomic E-state index is 0.0415. The van der Waals surface area contributed by atoms with Crippen LogP contribution in [0.1, 0.15) is 50.0 Å². The molecule has 26 heavy (non-hydrogen) atoms. The summed E-state index contributed by atoms with van der Waals surface area (Å²) in [5, 5.41) is 4.26. The summed E-state index contributed by atoms with van der Waals surface area (Å²) in [6.07, 6.45) is 7.50. The predicted molar refractivity (Wildman–Crippen MR) is 105 cm³/mol. The average molecular weight is 401 g/mol. The van der Waals surface area contributed by atoms with Crippen LogP contribution < -0.4 is 10.0 Å². The van der Waals surface area contributed by atoms with Crippen molar-refractivity contribution in [2.75, 3.05) is 19.4 Å². The van der Waals surface area contributed by atoms with Crippen molar-refractivity contribution >= 4 is 21.6 Å². The van der Waals surface area contributed by atoms with Gasteiger partial charge in [0.05, 0.1) is 19.0 Å². The summed E-state index contributed by atoms with van der Waals surface area (Å²) in [4.78, 5) is 0. The molecule has 146 valence electrons. The van der Waals surface area contributed by atoms with Gasteiger partial charge in [-0.05, 0) is 62.6 Å². The summed E-state index contributed by atoms with van der Waals surface area (Å²) >= 11 is 6.33. The molecule has 2 aliphatic rings. The molecule has 7 heteroatoms. The van der Waals surface area contributed by atoms with Gasteiger partial charge in [-0.1, -0.05) is 29.8 Å². The zero-order chi connectivity index (χ0) is 18.6. The highest BCUT2D eigenvalue weighted by molar-refractivity contribution is 7.88. The Morgan fingerprint density at radius 2 is 1.92 bits per heavy atom. The lowest BCUT2D eigenvalue weighted by Crippen LogP contribution is -2.55. The van der Waals surface area contributed by atoms with Crippen LogP contribution in [0.15, 0.2) is 24.3 Å². The molecule has 0 amide bonds. The van der Waals surface area contributed by atoms with Gasteiger partial charge in [0.1, 0.15) is 0 Å². The molecule has 1 aliphatic heterocycles. The number of benzene rings is 1. The fourth-order valence-electron chi connectivity index (χ4n) is 4.13. The Morgan fingerprint density at radius 3 is 2.62 bits per heavy atom. The van der Waals surface area contributed by atoms with E-state index in [0.717, 1.165) is 50.1 Å². The van der Waals surface area contributed by atoms with Crippen molar-refractivity contribution in [2.45, 2.75) is 62.6 Å². The molecule has 2 fully saturated rings. The first-order valence-corrected chi connectivity index (χ1v) is 11.8. The Kier molecular flexibility index (Phi) is 6.97. The van der Waals surface area contributed by atoms with Crippen LogP contribution in [0.5, 0.6) is 0 Å². The zero-order valence-electron chi connectivity index (χ0n) is 15.3. The topological polar surface area (TPSA) is 67.4 Å². The molecule has 0 radical (unpaired) electrons. The van der Waals surface area contributed by atoms with Crippen LogP contribution in [0.25, 0.3) is 0 Å². The highest BCUT2D eigenvalue weighted by Crippen LogP contribution is 2.37. The molecule has 3 rings (SSSR count). The highest BCUT2D eigenvalue weighted by Gasteiger charge is 2.29. The first-order valence-electron chi connectivity index (χ1n) is 9.49. The number of ether oxygens (including phenoxy) is 1. The summed E-state index contributed by atoms with van der Waals surface area (Å²) in [5.41, 5.74) is 1.25. The van der Waals surface area contributed by atoms with Crippen molar-refractivity contribution in [1.29, 1.82) is 0 Å². The number of nitrogens with one attached hydrogen (secondary N) is 2. The maximum Gasteiger partial charge on any atom is 0.209 e. The van der Waals surface area contributed by atoms with Gasteiger partial charge in [0.25, 0.3) is 0 Å². The van der Waals surface area contributed by atoms with Gasteiger partial charge in [0, 0.05) is 17.1 Å². The molecule has 1 heterocycles. The van der Waals surface area contributed by atoms with E-state index in [2.05, 4.69) is 16.1 Å². The molecule has 0 unspecified atom stereocenters. The summed E-state index contributed by atoms with van der Waals surface area (Å²) in [6, 6.07) is 8.06. The summed E-state index contributed by atoms with van der Waals surface area (Å²) in [6.45, 7) is 1.46. The van der Waals surface area contributed by atoms with E-state index in [4.69, 9.17) is 16.3 Å². The predicted octanol–water partition coefficient (Wildman–Crippen LogP) is 3.05. The maximum absolute atomic E-state index is 11.6. The van der Waals surface area contributed by atoms with Crippen LogP contribution in [-0.2, 0) is 14.8 Å². The molecule has 5 nitrogen and oxygen atoms in total. The van der Waals surface area contributed by atoms with Gasteiger partial charge < -0.3 is 10.1 Å². The standard InChI is InChI=1S/C19H29ClN2O3S/c1-26(23,24)22-18-7-4-12-21-19(18)13-25-15-10-8-14(9-11-15)16-5-2-3-6-17(16)20/h2-3,5-6,14-15,18-19,21-22H,4,7-13H2,1H3/t14-,15+,18-,19-/m0/s1. The van der Waals surface area contributed by atoms with E-state index in [-0.39, 0.29) is 18.2 Å². The first-order chi connectivity index (χ1) is 12.4. The highest BCUT2D eigenvalue weighted by atomic mass is 35.5. The Balaban J connectivity index is 1.48. The smallest absolute Gasteiger partial charge is 0.209 e. The number of halogens is 1. The molecule has 0 aromatic heterocycles. The van der Waals surface area contributed by atoms with E-state index in [1.807, 2.05) is 18.2 Å². The fraction of sp³-hybridized carbons (Fsp3) is 0.684. The summed E-state index contributed by atoms with van der Waals surface area (Å²) < 4.78 is 32.0. The molecular formula is C19H29ClN2O3S. The fourth-order valence-corrected chi connectivity index (χ4v) is 5.25. The molecule has 1 aromatic rings.